The molecular formula is C14H11ClO2. The van der Waals surface area contributed by atoms with E-state index in [4.69, 9.17) is 11.6 Å². The van der Waals surface area contributed by atoms with Crippen LogP contribution in [0.4, 0.5) is 0 Å². The zero-order valence-electron chi connectivity index (χ0n) is 9.27. The second-order valence-corrected chi connectivity index (χ2v) is 4.19. The van der Waals surface area contributed by atoms with Gasteiger partial charge >= 0.3 is 5.97 Å². The predicted octanol–water partition coefficient (Wildman–Crippen LogP) is 4.01. The molecule has 0 atom stereocenters. The molecular weight excluding hydrogens is 236 g/mol. The van der Waals surface area contributed by atoms with Gasteiger partial charge in [-0.05, 0) is 29.7 Å². The molecule has 86 valence electrons. The molecule has 0 aliphatic carbocycles. The smallest absolute Gasteiger partial charge is 0.337 e. The molecule has 1 N–H and O–H groups in total. The van der Waals surface area contributed by atoms with E-state index < -0.39 is 5.97 Å². The average molecular weight is 247 g/mol. The van der Waals surface area contributed by atoms with E-state index >= 15 is 0 Å². The Morgan fingerprint density at radius 1 is 1.06 bits per heavy atom. The van der Waals surface area contributed by atoms with Crippen LogP contribution in [0.15, 0.2) is 42.5 Å². The molecule has 2 aromatic rings. The first-order chi connectivity index (χ1) is 8.11. The molecule has 0 saturated heterocycles. The predicted molar refractivity (Wildman–Crippen MR) is 68.6 cm³/mol. The van der Waals surface area contributed by atoms with Crippen LogP contribution >= 0.6 is 11.6 Å². The van der Waals surface area contributed by atoms with Crippen molar-refractivity contribution in [2.24, 2.45) is 0 Å². The molecule has 0 radical (unpaired) electrons. The van der Waals surface area contributed by atoms with Crippen molar-refractivity contribution in [3.8, 4) is 11.1 Å². The summed E-state index contributed by atoms with van der Waals surface area (Å²) in [7, 11) is 0. The summed E-state index contributed by atoms with van der Waals surface area (Å²) in [5.74, 6) is -1.01. The van der Waals surface area contributed by atoms with Crippen LogP contribution in [0.3, 0.4) is 0 Å². The number of benzene rings is 2. The van der Waals surface area contributed by atoms with Gasteiger partial charge in [0.15, 0.2) is 0 Å². The van der Waals surface area contributed by atoms with Crippen LogP contribution < -0.4 is 0 Å². The minimum atomic E-state index is -1.01. The monoisotopic (exact) mass is 246 g/mol. The molecule has 2 aromatic carbocycles. The summed E-state index contributed by atoms with van der Waals surface area (Å²) in [5.41, 5.74) is 2.73. The van der Waals surface area contributed by atoms with Crippen LogP contribution in [0.25, 0.3) is 11.1 Å². The van der Waals surface area contributed by atoms with E-state index in [0.717, 1.165) is 11.1 Å². The van der Waals surface area contributed by atoms with Gasteiger partial charge in [0.1, 0.15) is 0 Å². The highest BCUT2D eigenvalue weighted by Crippen LogP contribution is 2.31. The molecule has 0 unspecified atom stereocenters. The fourth-order valence-electron chi connectivity index (χ4n) is 1.84. The summed E-state index contributed by atoms with van der Waals surface area (Å²) in [6.45, 7) is 1.95. The largest absolute Gasteiger partial charge is 0.478 e. The van der Waals surface area contributed by atoms with E-state index in [1.54, 1.807) is 18.2 Å². The van der Waals surface area contributed by atoms with Crippen molar-refractivity contribution in [3.05, 3.63) is 58.6 Å². The number of carboxylic acid groups (broad SMARTS) is 1. The topological polar surface area (TPSA) is 37.3 Å². The van der Waals surface area contributed by atoms with Gasteiger partial charge in [0.25, 0.3) is 0 Å². The Labute approximate surface area is 104 Å². The summed E-state index contributed by atoms with van der Waals surface area (Å²) >= 11 is 5.95. The Hall–Kier alpha value is -1.80. The quantitative estimate of drug-likeness (QED) is 0.869. The van der Waals surface area contributed by atoms with E-state index in [2.05, 4.69) is 0 Å². The normalized spacial score (nSPS) is 10.2. The van der Waals surface area contributed by atoms with Crippen molar-refractivity contribution in [1.82, 2.24) is 0 Å². The number of halogens is 1. The Morgan fingerprint density at radius 2 is 1.71 bits per heavy atom. The van der Waals surface area contributed by atoms with Gasteiger partial charge in [-0.1, -0.05) is 48.0 Å². The Balaban J connectivity index is 2.72. The maximum absolute atomic E-state index is 11.2. The molecule has 0 saturated carbocycles. The number of rotatable bonds is 2. The van der Waals surface area contributed by atoms with Crippen LogP contribution in [0.5, 0.6) is 0 Å². The fourth-order valence-corrected chi connectivity index (χ4v) is 2.10. The Kier molecular flexibility index (Phi) is 3.16. The van der Waals surface area contributed by atoms with E-state index in [-0.39, 0.29) is 10.6 Å². The van der Waals surface area contributed by atoms with Gasteiger partial charge in [-0.25, -0.2) is 4.79 Å². The zero-order valence-corrected chi connectivity index (χ0v) is 10.0. The molecule has 2 rings (SSSR count). The second-order valence-electron chi connectivity index (χ2n) is 3.78. The summed E-state index contributed by atoms with van der Waals surface area (Å²) < 4.78 is 0. The molecule has 3 heteroatoms. The highest BCUT2D eigenvalue weighted by molar-refractivity contribution is 6.34. The first-order valence-corrected chi connectivity index (χ1v) is 5.57. The number of hydrogen-bond donors (Lipinski definition) is 1. The van der Waals surface area contributed by atoms with Crippen LogP contribution in [-0.4, -0.2) is 11.1 Å². The first kappa shape index (κ1) is 11.7. The number of carboxylic acids is 1. The molecule has 0 aromatic heterocycles. The average Bonchev–Trinajstić information content (AvgIpc) is 2.28. The van der Waals surface area contributed by atoms with Crippen LogP contribution in [0.1, 0.15) is 15.9 Å². The third kappa shape index (κ3) is 2.17. The lowest BCUT2D eigenvalue weighted by Crippen LogP contribution is -2.01. The lowest BCUT2D eigenvalue weighted by atomic mass is 9.96. The van der Waals surface area contributed by atoms with Crippen molar-refractivity contribution < 1.29 is 9.90 Å². The van der Waals surface area contributed by atoms with Crippen molar-refractivity contribution >= 4 is 17.6 Å². The summed E-state index contributed by atoms with van der Waals surface area (Å²) in [5, 5.41) is 9.48. The van der Waals surface area contributed by atoms with Crippen molar-refractivity contribution in [2.75, 3.05) is 0 Å². The molecule has 0 amide bonds. The highest BCUT2D eigenvalue weighted by Gasteiger charge is 2.16. The van der Waals surface area contributed by atoms with Crippen molar-refractivity contribution in [1.29, 1.82) is 0 Å². The van der Waals surface area contributed by atoms with Gasteiger partial charge in [-0.15, -0.1) is 0 Å². The number of hydrogen-bond acceptors (Lipinski definition) is 1. The van der Waals surface area contributed by atoms with E-state index in [0.29, 0.717) is 5.56 Å². The van der Waals surface area contributed by atoms with E-state index in [1.807, 2.05) is 31.2 Å². The van der Waals surface area contributed by atoms with Crippen molar-refractivity contribution in [2.45, 2.75) is 6.92 Å². The van der Waals surface area contributed by atoms with Crippen LogP contribution in [0.2, 0.25) is 5.02 Å². The van der Waals surface area contributed by atoms with Crippen molar-refractivity contribution in [3.63, 3.8) is 0 Å². The minimum Gasteiger partial charge on any atom is -0.478 e. The summed E-state index contributed by atoms with van der Waals surface area (Å²) in [4.78, 5) is 11.2. The number of aryl methyl sites for hydroxylation is 1. The minimum absolute atomic E-state index is 0.156. The lowest BCUT2D eigenvalue weighted by Gasteiger charge is -2.10. The van der Waals surface area contributed by atoms with Gasteiger partial charge in [0.2, 0.25) is 0 Å². The zero-order chi connectivity index (χ0) is 12.4. The highest BCUT2D eigenvalue weighted by atomic mass is 35.5. The maximum atomic E-state index is 11.2. The fraction of sp³-hybridized carbons (Fsp3) is 0.0714. The Morgan fingerprint density at radius 3 is 2.35 bits per heavy atom. The molecule has 17 heavy (non-hydrogen) atoms. The number of aromatic carboxylic acids is 1. The Bertz CT molecular complexity index is 576. The first-order valence-electron chi connectivity index (χ1n) is 5.19. The summed E-state index contributed by atoms with van der Waals surface area (Å²) in [6.07, 6.45) is 0. The maximum Gasteiger partial charge on any atom is 0.337 e. The molecule has 0 fully saturated rings. The van der Waals surface area contributed by atoms with E-state index in [1.165, 1.54) is 0 Å². The standard InChI is InChI=1S/C14H11ClO2/c1-9-5-2-3-6-10(9)11-7-4-8-12(15)13(11)14(16)17/h2-8H,1H3,(H,16,17). The lowest BCUT2D eigenvalue weighted by molar-refractivity contribution is 0.0698. The van der Waals surface area contributed by atoms with Gasteiger partial charge < -0.3 is 5.11 Å². The molecule has 0 aliphatic rings. The van der Waals surface area contributed by atoms with Gasteiger partial charge in [-0.3, -0.25) is 0 Å². The van der Waals surface area contributed by atoms with E-state index in [9.17, 15) is 9.90 Å². The van der Waals surface area contributed by atoms with Crippen LogP contribution in [-0.2, 0) is 0 Å². The van der Waals surface area contributed by atoms with Gasteiger partial charge in [0, 0.05) is 0 Å². The summed E-state index contributed by atoms with van der Waals surface area (Å²) in [6, 6.07) is 12.8. The molecule has 2 nitrogen and oxygen atoms in total. The van der Waals surface area contributed by atoms with Gasteiger partial charge in [-0.2, -0.15) is 0 Å². The molecule has 0 bridgehead atoms. The molecule has 0 aliphatic heterocycles. The third-order valence-electron chi connectivity index (χ3n) is 2.66. The third-order valence-corrected chi connectivity index (χ3v) is 2.98. The SMILES string of the molecule is Cc1ccccc1-c1cccc(Cl)c1C(=O)O. The number of carbonyl (C=O) groups is 1. The van der Waals surface area contributed by atoms with Crippen LogP contribution in [0, 0.1) is 6.92 Å². The molecule has 0 spiro atoms. The molecule has 0 heterocycles. The van der Waals surface area contributed by atoms with Gasteiger partial charge in [0.05, 0.1) is 10.6 Å². The second kappa shape index (κ2) is 4.60.